The van der Waals surface area contributed by atoms with E-state index in [1.807, 2.05) is 24.3 Å². The van der Waals surface area contributed by atoms with Crippen molar-refractivity contribution in [3.05, 3.63) is 58.1 Å². The van der Waals surface area contributed by atoms with E-state index in [2.05, 4.69) is 40.3 Å². The highest BCUT2D eigenvalue weighted by Crippen LogP contribution is 2.29. The molecule has 2 N–H and O–H groups in total. The van der Waals surface area contributed by atoms with Crippen LogP contribution in [0.5, 0.6) is 11.5 Å². The summed E-state index contributed by atoms with van der Waals surface area (Å²) in [7, 11) is 1.55. The third-order valence-electron chi connectivity index (χ3n) is 3.27. The summed E-state index contributed by atoms with van der Waals surface area (Å²) in [6.45, 7) is 2.68. The Labute approximate surface area is 127 Å². The molecular formula is C16H18BrNO2. The molecule has 0 fully saturated rings. The van der Waals surface area contributed by atoms with Crippen molar-refractivity contribution in [1.29, 1.82) is 0 Å². The first kappa shape index (κ1) is 14.9. The molecule has 3 nitrogen and oxygen atoms in total. The van der Waals surface area contributed by atoms with E-state index in [1.54, 1.807) is 13.2 Å². The Morgan fingerprint density at radius 1 is 1.20 bits per heavy atom. The number of phenols is 1. The number of hydrogen-bond acceptors (Lipinski definition) is 3. The Kier molecular flexibility index (Phi) is 5.04. The molecule has 0 amide bonds. The van der Waals surface area contributed by atoms with Crippen molar-refractivity contribution in [2.24, 2.45) is 0 Å². The Morgan fingerprint density at radius 2 is 1.90 bits per heavy atom. The molecule has 4 heteroatoms. The molecular weight excluding hydrogens is 318 g/mol. The Morgan fingerprint density at radius 3 is 2.55 bits per heavy atom. The molecule has 0 aromatic heterocycles. The number of methoxy groups -OCH3 is 1. The van der Waals surface area contributed by atoms with E-state index < -0.39 is 0 Å². The smallest absolute Gasteiger partial charge is 0.162 e. The lowest BCUT2D eigenvalue weighted by molar-refractivity contribution is 0.369. The van der Waals surface area contributed by atoms with Crippen LogP contribution in [-0.4, -0.2) is 12.2 Å². The molecule has 2 rings (SSSR count). The quantitative estimate of drug-likeness (QED) is 0.867. The number of halogens is 1. The van der Waals surface area contributed by atoms with E-state index in [0.29, 0.717) is 12.3 Å². The standard InChI is InChI=1S/C16H18BrNO2/c1-11(12-6-8-14(17)9-7-12)18-10-13-4-3-5-15(20-2)16(13)19/h3-9,11,18-19H,10H2,1-2H3. The Bertz CT molecular complexity index is 569. The van der Waals surface area contributed by atoms with Gasteiger partial charge < -0.3 is 15.2 Å². The summed E-state index contributed by atoms with van der Waals surface area (Å²) in [5, 5.41) is 13.4. The molecule has 0 spiro atoms. The van der Waals surface area contributed by atoms with E-state index in [9.17, 15) is 5.11 Å². The molecule has 0 bridgehead atoms. The van der Waals surface area contributed by atoms with Crippen molar-refractivity contribution in [2.75, 3.05) is 7.11 Å². The van der Waals surface area contributed by atoms with Crippen LogP contribution in [0.3, 0.4) is 0 Å². The molecule has 0 aliphatic rings. The predicted molar refractivity (Wildman–Crippen MR) is 84.1 cm³/mol. The van der Waals surface area contributed by atoms with Crippen LogP contribution in [0.25, 0.3) is 0 Å². The number of hydrogen-bond donors (Lipinski definition) is 2. The average Bonchev–Trinajstić information content (AvgIpc) is 2.46. The summed E-state index contributed by atoms with van der Waals surface area (Å²) in [5.74, 6) is 0.700. The van der Waals surface area contributed by atoms with Gasteiger partial charge in [-0.2, -0.15) is 0 Å². The zero-order valence-electron chi connectivity index (χ0n) is 11.6. The van der Waals surface area contributed by atoms with Gasteiger partial charge in [0.2, 0.25) is 0 Å². The van der Waals surface area contributed by atoms with Gasteiger partial charge in [-0.25, -0.2) is 0 Å². The van der Waals surface area contributed by atoms with Crippen LogP contribution in [0.15, 0.2) is 46.9 Å². The lowest BCUT2D eigenvalue weighted by Gasteiger charge is -2.16. The summed E-state index contributed by atoms with van der Waals surface area (Å²) in [5.41, 5.74) is 2.03. The first-order valence-electron chi connectivity index (χ1n) is 6.45. The van der Waals surface area contributed by atoms with Gasteiger partial charge in [0.05, 0.1) is 7.11 Å². The molecule has 1 atom stereocenters. The normalized spacial score (nSPS) is 12.2. The van der Waals surface area contributed by atoms with Gasteiger partial charge in [-0.05, 0) is 30.7 Å². The van der Waals surface area contributed by atoms with Gasteiger partial charge in [0.25, 0.3) is 0 Å². The summed E-state index contributed by atoms with van der Waals surface area (Å²) in [6, 6.07) is 13.9. The fraction of sp³-hybridized carbons (Fsp3) is 0.250. The molecule has 20 heavy (non-hydrogen) atoms. The van der Waals surface area contributed by atoms with Gasteiger partial charge in [0.15, 0.2) is 11.5 Å². The van der Waals surface area contributed by atoms with Crippen LogP contribution in [0.1, 0.15) is 24.1 Å². The van der Waals surface area contributed by atoms with Crippen LogP contribution in [0.2, 0.25) is 0 Å². The number of rotatable bonds is 5. The largest absolute Gasteiger partial charge is 0.504 e. The minimum atomic E-state index is 0.200. The number of aromatic hydroxyl groups is 1. The van der Waals surface area contributed by atoms with Crippen molar-refractivity contribution in [1.82, 2.24) is 5.32 Å². The maximum absolute atomic E-state index is 10.0. The van der Waals surface area contributed by atoms with Crippen molar-refractivity contribution < 1.29 is 9.84 Å². The topological polar surface area (TPSA) is 41.5 Å². The maximum Gasteiger partial charge on any atom is 0.162 e. The van der Waals surface area contributed by atoms with Crippen molar-refractivity contribution in [3.63, 3.8) is 0 Å². The minimum absolute atomic E-state index is 0.200. The third-order valence-corrected chi connectivity index (χ3v) is 3.80. The average molecular weight is 336 g/mol. The first-order valence-corrected chi connectivity index (χ1v) is 7.25. The number of nitrogens with one attached hydrogen (secondary N) is 1. The molecule has 0 saturated heterocycles. The van der Waals surface area contributed by atoms with E-state index in [1.165, 1.54) is 5.56 Å². The summed E-state index contributed by atoms with van der Waals surface area (Å²) >= 11 is 3.43. The second kappa shape index (κ2) is 6.77. The lowest BCUT2D eigenvalue weighted by Crippen LogP contribution is -2.18. The van der Waals surface area contributed by atoms with Gasteiger partial charge in [0.1, 0.15) is 0 Å². The molecule has 0 radical (unpaired) electrons. The predicted octanol–water partition coefficient (Wildman–Crippen LogP) is 4.01. The van der Waals surface area contributed by atoms with Gasteiger partial charge in [-0.15, -0.1) is 0 Å². The monoisotopic (exact) mass is 335 g/mol. The van der Waals surface area contributed by atoms with E-state index in [0.717, 1.165) is 10.0 Å². The van der Waals surface area contributed by atoms with Crippen LogP contribution in [-0.2, 0) is 6.54 Å². The van der Waals surface area contributed by atoms with E-state index >= 15 is 0 Å². The van der Waals surface area contributed by atoms with E-state index in [-0.39, 0.29) is 11.8 Å². The molecule has 0 heterocycles. The fourth-order valence-electron chi connectivity index (χ4n) is 2.01. The van der Waals surface area contributed by atoms with Crippen molar-refractivity contribution in [3.8, 4) is 11.5 Å². The van der Waals surface area contributed by atoms with Gasteiger partial charge in [-0.1, -0.05) is 40.2 Å². The molecule has 0 aliphatic heterocycles. The highest BCUT2D eigenvalue weighted by Gasteiger charge is 2.09. The maximum atomic E-state index is 10.0. The van der Waals surface area contributed by atoms with Crippen molar-refractivity contribution >= 4 is 15.9 Å². The zero-order valence-corrected chi connectivity index (χ0v) is 13.1. The second-order valence-corrected chi connectivity index (χ2v) is 5.54. The molecule has 2 aromatic rings. The van der Waals surface area contributed by atoms with Crippen LogP contribution in [0, 0.1) is 0 Å². The Hall–Kier alpha value is -1.52. The zero-order chi connectivity index (χ0) is 14.5. The van der Waals surface area contributed by atoms with E-state index in [4.69, 9.17) is 4.74 Å². The lowest BCUT2D eigenvalue weighted by atomic mass is 10.1. The fourth-order valence-corrected chi connectivity index (χ4v) is 2.27. The number of para-hydroxylation sites is 1. The molecule has 0 aliphatic carbocycles. The van der Waals surface area contributed by atoms with Gasteiger partial charge >= 0.3 is 0 Å². The molecule has 106 valence electrons. The minimum Gasteiger partial charge on any atom is -0.504 e. The van der Waals surface area contributed by atoms with Gasteiger partial charge in [0, 0.05) is 22.6 Å². The summed E-state index contributed by atoms with van der Waals surface area (Å²) < 4.78 is 6.18. The Balaban J connectivity index is 2.03. The second-order valence-electron chi connectivity index (χ2n) is 4.62. The van der Waals surface area contributed by atoms with Crippen LogP contribution >= 0.6 is 15.9 Å². The van der Waals surface area contributed by atoms with Crippen LogP contribution in [0.4, 0.5) is 0 Å². The third kappa shape index (κ3) is 3.52. The van der Waals surface area contributed by atoms with Gasteiger partial charge in [-0.3, -0.25) is 0 Å². The molecule has 1 unspecified atom stereocenters. The van der Waals surface area contributed by atoms with Crippen molar-refractivity contribution in [2.45, 2.75) is 19.5 Å². The first-order chi connectivity index (χ1) is 9.61. The summed E-state index contributed by atoms with van der Waals surface area (Å²) in [6.07, 6.45) is 0. The molecule has 0 saturated carbocycles. The highest BCUT2D eigenvalue weighted by atomic mass is 79.9. The van der Waals surface area contributed by atoms with Crippen LogP contribution < -0.4 is 10.1 Å². The number of ether oxygens (including phenoxy) is 1. The SMILES string of the molecule is COc1cccc(CNC(C)c2ccc(Br)cc2)c1O. The number of phenolic OH excluding ortho intramolecular Hbond substituents is 1. The summed E-state index contributed by atoms with van der Waals surface area (Å²) in [4.78, 5) is 0. The highest BCUT2D eigenvalue weighted by molar-refractivity contribution is 9.10. The number of benzene rings is 2. The molecule has 2 aromatic carbocycles.